The number of aliphatic hydroxyl groups excluding tert-OH is 1. The van der Waals surface area contributed by atoms with Gasteiger partial charge in [0, 0.05) is 19.2 Å². The number of hydrogen-bond acceptors (Lipinski definition) is 4. The first kappa shape index (κ1) is 16.3. The Morgan fingerprint density at radius 1 is 1.35 bits per heavy atom. The van der Waals surface area contributed by atoms with Crippen LogP contribution in [0.2, 0.25) is 0 Å². The largest absolute Gasteiger partial charge is 0.496 e. The first-order chi connectivity index (χ1) is 11.1. The lowest BCUT2D eigenvalue weighted by Crippen LogP contribution is -2.53. The second-order valence-electron chi connectivity index (χ2n) is 6.54. The van der Waals surface area contributed by atoms with Gasteiger partial charge in [-0.1, -0.05) is 18.2 Å². The standard InChI is InChI=1S/C18H25NO4/c1-22-15-6-4-3-5-13(15)11-17(21)19-10-9-18(23-2)8-7-14(20)12-16(18)19/h3-6,14,16,20H,7-12H2,1-2H3/t14-,16-,18+/m0/s1. The van der Waals surface area contributed by atoms with Crippen LogP contribution in [0.1, 0.15) is 31.2 Å². The zero-order valence-electron chi connectivity index (χ0n) is 13.8. The van der Waals surface area contributed by atoms with E-state index in [-0.39, 0.29) is 23.7 Å². The third-order valence-corrected chi connectivity index (χ3v) is 5.42. The molecule has 2 aliphatic rings. The summed E-state index contributed by atoms with van der Waals surface area (Å²) in [5, 5.41) is 10.0. The Morgan fingerprint density at radius 3 is 2.87 bits per heavy atom. The number of para-hydroxylation sites is 1. The molecule has 1 saturated carbocycles. The predicted molar refractivity (Wildman–Crippen MR) is 86.4 cm³/mol. The molecule has 0 unspecified atom stereocenters. The molecule has 5 nitrogen and oxygen atoms in total. The average molecular weight is 319 g/mol. The minimum absolute atomic E-state index is 0.0292. The lowest BCUT2D eigenvalue weighted by molar-refractivity contribution is -0.139. The highest BCUT2D eigenvalue weighted by Gasteiger charge is 2.52. The number of carbonyl (C=O) groups is 1. The van der Waals surface area contributed by atoms with Crippen LogP contribution in [0.4, 0.5) is 0 Å². The van der Waals surface area contributed by atoms with Crippen molar-refractivity contribution in [3.05, 3.63) is 29.8 Å². The molecule has 1 N–H and O–H groups in total. The molecule has 1 saturated heterocycles. The molecule has 5 heteroatoms. The molecule has 23 heavy (non-hydrogen) atoms. The van der Waals surface area contributed by atoms with Crippen molar-refractivity contribution in [2.45, 2.75) is 49.9 Å². The van der Waals surface area contributed by atoms with Crippen LogP contribution in [-0.4, -0.2) is 54.4 Å². The van der Waals surface area contributed by atoms with E-state index in [1.165, 1.54) is 0 Å². The number of rotatable bonds is 4. The summed E-state index contributed by atoms with van der Waals surface area (Å²) < 4.78 is 11.1. The Kier molecular flexibility index (Phi) is 4.60. The molecule has 1 aliphatic carbocycles. The van der Waals surface area contributed by atoms with Gasteiger partial charge >= 0.3 is 0 Å². The number of nitrogens with zero attached hydrogens (tertiary/aromatic N) is 1. The maximum atomic E-state index is 12.8. The molecule has 1 aromatic rings. The van der Waals surface area contributed by atoms with Crippen molar-refractivity contribution in [3.63, 3.8) is 0 Å². The summed E-state index contributed by atoms with van der Waals surface area (Å²) in [5.41, 5.74) is 0.613. The van der Waals surface area contributed by atoms with Gasteiger partial charge in [-0.3, -0.25) is 4.79 Å². The zero-order valence-corrected chi connectivity index (χ0v) is 13.8. The van der Waals surface area contributed by atoms with E-state index in [0.29, 0.717) is 19.4 Å². The van der Waals surface area contributed by atoms with E-state index in [1.807, 2.05) is 29.2 Å². The van der Waals surface area contributed by atoms with E-state index in [2.05, 4.69) is 0 Å². The Morgan fingerprint density at radius 2 is 2.13 bits per heavy atom. The van der Waals surface area contributed by atoms with Crippen molar-refractivity contribution >= 4 is 5.91 Å². The number of ether oxygens (including phenoxy) is 2. The Bertz CT molecular complexity index is 576. The Labute approximate surface area is 137 Å². The smallest absolute Gasteiger partial charge is 0.227 e. The number of fused-ring (bicyclic) bond motifs is 1. The van der Waals surface area contributed by atoms with E-state index in [4.69, 9.17) is 9.47 Å². The molecule has 3 atom stereocenters. The summed E-state index contributed by atoms with van der Waals surface area (Å²) in [6.45, 7) is 0.694. The number of amides is 1. The summed E-state index contributed by atoms with van der Waals surface area (Å²) in [5.74, 6) is 0.814. The molecule has 1 heterocycles. The van der Waals surface area contributed by atoms with Crippen LogP contribution < -0.4 is 4.74 Å². The fraction of sp³-hybridized carbons (Fsp3) is 0.611. The number of hydrogen-bond donors (Lipinski definition) is 1. The van der Waals surface area contributed by atoms with E-state index < -0.39 is 0 Å². The monoisotopic (exact) mass is 319 g/mol. The van der Waals surface area contributed by atoms with Crippen molar-refractivity contribution in [1.82, 2.24) is 4.90 Å². The molecule has 1 amide bonds. The molecule has 0 radical (unpaired) electrons. The minimum Gasteiger partial charge on any atom is -0.496 e. The fourth-order valence-corrected chi connectivity index (χ4v) is 4.09. The van der Waals surface area contributed by atoms with Gasteiger partial charge in [0.15, 0.2) is 0 Å². The Balaban J connectivity index is 1.77. The highest BCUT2D eigenvalue weighted by molar-refractivity contribution is 5.80. The summed E-state index contributed by atoms with van der Waals surface area (Å²) in [6.07, 6.45) is 2.98. The van der Waals surface area contributed by atoms with E-state index in [9.17, 15) is 9.90 Å². The first-order valence-electron chi connectivity index (χ1n) is 8.24. The Hall–Kier alpha value is -1.59. The number of aliphatic hydroxyl groups is 1. The van der Waals surface area contributed by atoms with E-state index in [1.54, 1.807) is 14.2 Å². The van der Waals surface area contributed by atoms with Crippen molar-refractivity contribution in [1.29, 1.82) is 0 Å². The molecule has 0 spiro atoms. The van der Waals surface area contributed by atoms with Gasteiger partial charge in [-0.05, 0) is 31.7 Å². The maximum Gasteiger partial charge on any atom is 0.227 e. The van der Waals surface area contributed by atoms with Gasteiger partial charge in [-0.2, -0.15) is 0 Å². The number of benzene rings is 1. The van der Waals surface area contributed by atoms with Crippen LogP contribution in [0.5, 0.6) is 5.75 Å². The summed E-state index contributed by atoms with van der Waals surface area (Å²) in [4.78, 5) is 14.7. The van der Waals surface area contributed by atoms with Gasteiger partial charge < -0.3 is 19.5 Å². The minimum atomic E-state index is -0.345. The molecule has 126 valence electrons. The number of likely N-dealkylation sites (tertiary alicyclic amines) is 1. The maximum absolute atomic E-state index is 12.8. The number of carbonyl (C=O) groups excluding carboxylic acids is 1. The fourth-order valence-electron chi connectivity index (χ4n) is 4.09. The van der Waals surface area contributed by atoms with Crippen molar-refractivity contribution in [2.75, 3.05) is 20.8 Å². The normalized spacial score (nSPS) is 30.1. The van der Waals surface area contributed by atoms with E-state index in [0.717, 1.165) is 30.6 Å². The van der Waals surface area contributed by atoms with E-state index >= 15 is 0 Å². The third kappa shape index (κ3) is 2.95. The van der Waals surface area contributed by atoms with Crippen LogP contribution in [0.3, 0.4) is 0 Å². The van der Waals surface area contributed by atoms with Crippen LogP contribution >= 0.6 is 0 Å². The van der Waals surface area contributed by atoms with Gasteiger partial charge in [0.1, 0.15) is 5.75 Å². The number of methoxy groups -OCH3 is 2. The highest BCUT2D eigenvalue weighted by Crippen LogP contribution is 2.42. The SMILES string of the molecule is COc1ccccc1CC(=O)N1CC[C@]2(OC)CC[C@H](O)C[C@H]12. The van der Waals surface area contributed by atoms with Gasteiger partial charge in [0.2, 0.25) is 5.91 Å². The third-order valence-electron chi connectivity index (χ3n) is 5.42. The van der Waals surface area contributed by atoms with Gasteiger partial charge in [0.25, 0.3) is 0 Å². The quantitative estimate of drug-likeness (QED) is 0.919. The second-order valence-corrected chi connectivity index (χ2v) is 6.54. The van der Waals surface area contributed by atoms with Crippen LogP contribution in [-0.2, 0) is 16.0 Å². The highest BCUT2D eigenvalue weighted by atomic mass is 16.5. The van der Waals surface area contributed by atoms with Crippen molar-refractivity contribution in [2.24, 2.45) is 0 Å². The molecule has 1 aliphatic heterocycles. The zero-order chi connectivity index (χ0) is 16.4. The lowest BCUT2D eigenvalue weighted by Gasteiger charge is -2.42. The lowest BCUT2D eigenvalue weighted by atomic mass is 9.79. The topological polar surface area (TPSA) is 59.0 Å². The molecular formula is C18H25NO4. The van der Waals surface area contributed by atoms with Crippen LogP contribution in [0.25, 0.3) is 0 Å². The predicted octanol–water partition coefficient (Wildman–Crippen LogP) is 1.77. The van der Waals surface area contributed by atoms with Crippen LogP contribution in [0.15, 0.2) is 24.3 Å². The molecule has 1 aromatic carbocycles. The van der Waals surface area contributed by atoms with Gasteiger partial charge in [-0.25, -0.2) is 0 Å². The molecule has 0 aromatic heterocycles. The van der Waals surface area contributed by atoms with Gasteiger partial charge in [0.05, 0.1) is 31.3 Å². The average Bonchev–Trinajstić information content (AvgIpc) is 2.94. The summed E-state index contributed by atoms with van der Waals surface area (Å²) >= 11 is 0. The summed E-state index contributed by atoms with van der Waals surface area (Å²) in [6, 6.07) is 7.58. The molecule has 2 fully saturated rings. The molecule has 3 rings (SSSR count). The first-order valence-corrected chi connectivity index (χ1v) is 8.24. The van der Waals surface area contributed by atoms with Crippen molar-refractivity contribution < 1.29 is 19.4 Å². The molecular weight excluding hydrogens is 294 g/mol. The van der Waals surface area contributed by atoms with Gasteiger partial charge in [-0.15, -0.1) is 0 Å². The summed E-state index contributed by atoms with van der Waals surface area (Å²) in [7, 11) is 3.34. The van der Waals surface area contributed by atoms with Crippen molar-refractivity contribution in [3.8, 4) is 5.75 Å². The van der Waals surface area contributed by atoms with Crippen LogP contribution in [0, 0.1) is 0 Å². The molecule has 0 bridgehead atoms. The second kappa shape index (κ2) is 6.49.